The first-order chi connectivity index (χ1) is 23.5. The second kappa shape index (κ2) is 15.8. The van der Waals surface area contributed by atoms with Crippen LogP contribution < -0.4 is 0 Å². The molecular formula is C33H45ClN2O14. The molecule has 4 rings (SSSR count). The zero-order valence-corrected chi connectivity index (χ0v) is 29.2. The highest BCUT2D eigenvalue weighted by atomic mass is 35.5. The largest absolute Gasteiger partial charge is 0.456 e. The number of carbonyl (C=O) groups excluding carboxylic acids is 4. The number of nitrogens with zero attached hydrogens (tertiary/aromatic N) is 2. The number of aliphatic hydroxyl groups excluding tert-OH is 1. The standard InChI is InChI=1S/C33H45ClN2O14/c1-21-15-26-25-7-6-22-16-23(37)8-9-30(22,2)33(25,34)27(39)18-31(26,3)32(21,17-24(38)5-4-10-49-35(42)43)28(40)19-48-29(41)20-47-12-11-46-13-14-50-36(44)45/h6,8-9,21,25-27,39H,4-5,7,10-20H2,1-3H3/t21-,25?,26?,27-,30-,31-,32+,33-/m0/s1. The molecular weight excluding hydrogens is 684 g/mol. The van der Waals surface area contributed by atoms with Crippen molar-refractivity contribution in [2.75, 3.05) is 46.2 Å². The third-order valence-corrected chi connectivity index (χ3v) is 12.5. The van der Waals surface area contributed by atoms with E-state index in [9.17, 15) is 44.5 Å². The lowest BCUT2D eigenvalue weighted by Crippen LogP contribution is -2.67. The molecule has 0 amide bonds. The van der Waals surface area contributed by atoms with Gasteiger partial charge in [-0.15, -0.1) is 31.8 Å². The molecule has 0 heterocycles. The van der Waals surface area contributed by atoms with Crippen LogP contribution in [0, 0.1) is 54.2 Å². The molecule has 0 spiro atoms. The molecule has 50 heavy (non-hydrogen) atoms. The highest BCUT2D eigenvalue weighted by Crippen LogP contribution is 2.74. The van der Waals surface area contributed by atoms with Crippen molar-refractivity contribution in [3.63, 3.8) is 0 Å². The van der Waals surface area contributed by atoms with E-state index in [-0.39, 0.29) is 88.5 Å². The van der Waals surface area contributed by atoms with E-state index in [0.29, 0.717) is 12.8 Å². The number of hydrogen-bond acceptors (Lipinski definition) is 14. The maximum Gasteiger partial charge on any atom is 0.332 e. The summed E-state index contributed by atoms with van der Waals surface area (Å²) in [5, 5.41) is 30.9. The number of hydrogen-bond donors (Lipinski definition) is 1. The lowest BCUT2D eigenvalue weighted by Gasteiger charge is -2.64. The highest BCUT2D eigenvalue weighted by Gasteiger charge is 2.74. The first-order valence-electron chi connectivity index (χ1n) is 16.7. The van der Waals surface area contributed by atoms with Gasteiger partial charge in [0.15, 0.2) is 18.2 Å². The molecule has 0 saturated heterocycles. The van der Waals surface area contributed by atoms with E-state index in [1.54, 1.807) is 6.08 Å². The van der Waals surface area contributed by atoms with Crippen molar-refractivity contribution in [3.8, 4) is 0 Å². The first-order valence-corrected chi connectivity index (χ1v) is 17.1. The van der Waals surface area contributed by atoms with Crippen LogP contribution in [-0.4, -0.2) is 95.8 Å². The third kappa shape index (κ3) is 7.44. The smallest absolute Gasteiger partial charge is 0.332 e. The molecule has 0 bridgehead atoms. The fourth-order valence-corrected chi connectivity index (χ4v) is 9.80. The maximum absolute atomic E-state index is 14.5. The van der Waals surface area contributed by atoms with Crippen LogP contribution in [0.4, 0.5) is 0 Å². The van der Waals surface area contributed by atoms with Crippen LogP contribution in [-0.2, 0) is 43.1 Å². The summed E-state index contributed by atoms with van der Waals surface area (Å²) in [6, 6.07) is 0. The Kier molecular flexibility index (Phi) is 12.4. The Morgan fingerprint density at radius 1 is 1.00 bits per heavy atom. The predicted octanol–water partition coefficient (Wildman–Crippen LogP) is 3.16. The van der Waals surface area contributed by atoms with E-state index in [1.165, 1.54) is 6.08 Å². The summed E-state index contributed by atoms with van der Waals surface area (Å²) in [6.45, 7) is 3.93. The summed E-state index contributed by atoms with van der Waals surface area (Å²) in [6.07, 6.45) is 5.16. The van der Waals surface area contributed by atoms with Gasteiger partial charge in [-0.3, -0.25) is 14.4 Å². The molecule has 2 fully saturated rings. The minimum Gasteiger partial charge on any atom is -0.456 e. The van der Waals surface area contributed by atoms with Gasteiger partial charge >= 0.3 is 5.97 Å². The summed E-state index contributed by atoms with van der Waals surface area (Å²) >= 11 is 7.57. The van der Waals surface area contributed by atoms with Gasteiger partial charge in [0.25, 0.3) is 10.2 Å². The number of carbonyl (C=O) groups is 4. The van der Waals surface area contributed by atoms with Crippen molar-refractivity contribution in [2.24, 2.45) is 34.0 Å². The second-order valence-corrected chi connectivity index (χ2v) is 14.7. The van der Waals surface area contributed by atoms with Crippen molar-refractivity contribution in [1.29, 1.82) is 0 Å². The number of fused-ring (bicyclic) bond motifs is 5. The van der Waals surface area contributed by atoms with Crippen LogP contribution in [0.3, 0.4) is 0 Å². The van der Waals surface area contributed by atoms with Crippen LogP contribution in [0.15, 0.2) is 23.8 Å². The Labute approximate surface area is 294 Å². The first kappa shape index (κ1) is 39.3. The molecule has 0 aromatic carbocycles. The van der Waals surface area contributed by atoms with Crippen molar-refractivity contribution in [1.82, 2.24) is 0 Å². The van der Waals surface area contributed by atoms with Gasteiger partial charge in [0.05, 0.1) is 37.4 Å². The number of rotatable bonds is 19. The number of allylic oxidation sites excluding steroid dienone is 4. The Balaban J connectivity index is 1.53. The van der Waals surface area contributed by atoms with Crippen molar-refractivity contribution in [3.05, 3.63) is 44.0 Å². The van der Waals surface area contributed by atoms with E-state index in [2.05, 4.69) is 9.68 Å². The molecule has 1 N–H and O–H groups in total. The summed E-state index contributed by atoms with van der Waals surface area (Å²) in [4.78, 5) is 81.0. The summed E-state index contributed by atoms with van der Waals surface area (Å²) in [5.74, 6) is -2.64. The van der Waals surface area contributed by atoms with Crippen LogP contribution in [0.2, 0.25) is 0 Å². The third-order valence-electron chi connectivity index (χ3n) is 11.6. The zero-order valence-electron chi connectivity index (χ0n) is 28.5. The molecule has 278 valence electrons. The lowest BCUT2D eigenvalue weighted by molar-refractivity contribution is -0.758. The monoisotopic (exact) mass is 728 g/mol. The molecule has 4 aliphatic rings. The number of Topliss-reactive ketones (excluding diaryl/α,β-unsaturated/α-hetero) is 2. The number of halogens is 1. The van der Waals surface area contributed by atoms with Gasteiger partial charge in [-0.25, -0.2) is 4.79 Å². The molecule has 2 unspecified atom stereocenters. The molecule has 0 aromatic heterocycles. The van der Waals surface area contributed by atoms with E-state index < -0.39 is 68.3 Å². The fourth-order valence-electron chi connectivity index (χ4n) is 9.30. The van der Waals surface area contributed by atoms with Gasteiger partial charge in [0.1, 0.15) is 19.0 Å². The average Bonchev–Trinajstić information content (AvgIpc) is 3.26. The molecule has 17 heteroatoms. The van der Waals surface area contributed by atoms with Crippen LogP contribution in [0.5, 0.6) is 0 Å². The Hall–Kier alpha value is -3.47. The summed E-state index contributed by atoms with van der Waals surface area (Å²) < 4.78 is 15.7. The Bertz CT molecular complexity index is 1420. The normalized spacial score (nSPS) is 34.1. The molecule has 0 aromatic rings. The van der Waals surface area contributed by atoms with Gasteiger partial charge < -0.3 is 29.0 Å². The predicted molar refractivity (Wildman–Crippen MR) is 172 cm³/mol. The van der Waals surface area contributed by atoms with Gasteiger partial charge in [0, 0.05) is 30.1 Å². The van der Waals surface area contributed by atoms with E-state index in [1.807, 2.05) is 26.8 Å². The second-order valence-electron chi connectivity index (χ2n) is 14.1. The van der Waals surface area contributed by atoms with Crippen LogP contribution in [0.1, 0.15) is 65.7 Å². The Morgan fingerprint density at radius 2 is 1.66 bits per heavy atom. The van der Waals surface area contributed by atoms with Crippen LogP contribution in [0.25, 0.3) is 0 Å². The molecule has 0 radical (unpaired) electrons. The van der Waals surface area contributed by atoms with Crippen molar-refractivity contribution >= 4 is 34.9 Å². The number of ketones is 3. The minimum absolute atomic E-state index is 0.0237. The maximum atomic E-state index is 14.5. The average molecular weight is 729 g/mol. The molecule has 4 aliphatic carbocycles. The van der Waals surface area contributed by atoms with Crippen LogP contribution >= 0.6 is 11.6 Å². The quantitative estimate of drug-likeness (QED) is 0.0504. The topological polar surface area (TPSA) is 221 Å². The van der Waals surface area contributed by atoms with Crippen molar-refractivity contribution in [2.45, 2.75) is 76.7 Å². The Morgan fingerprint density at radius 3 is 2.36 bits per heavy atom. The van der Waals surface area contributed by atoms with Gasteiger partial charge in [-0.05, 0) is 54.9 Å². The highest BCUT2D eigenvalue weighted by molar-refractivity contribution is 6.26. The SMILES string of the molecule is C[C@H]1CC2C3CC=C4CC(=O)C=C[C@]4(C)[C@@]3(Cl)[C@@H](O)C[C@]2(C)[C@@]1(CC(=O)CCCO[N+](=O)[O-])C(=O)COC(=O)COCCOCCO[N+](=O)[O-]. The summed E-state index contributed by atoms with van der Waals surface area (Å²) in [7, 11) is 0. The fraction of sp³-hybridized carbons (Fsp3) is 0.758. The number of alkyl halides is 1. The zero-order chi connectivity index (χ0) is 36.9. The number of esters is 1. The lowest BCUT2D eigenvalue weighted by atomic mass is 9.44. The minimum atomic E-state index is -1.37. The van der Waals surface area contributed by atoms with E-state index in [0.717, 1.165) is 5.57 Å². The van der Waals surface area contributed by atoms with Gasteiger partial charge in [0.2, 0.25) is 0 Å². The number of ether oxygens (including phenoxy) is 3. The molecule has 2 saturated carbocycles. The van der Waals surface area contributed by atoms with E-state index >= 15 is 0 Å². The van der Waals surface area contributed by atoms with Gasteiger partial charge in [-0.2, -0.15) is 0 Å². The van der Waals surface area contributed by atoms with Gasteiger partial charge in [-0.1, -0.05) is 38.5 Å². The molecule has 16 nitrogen and oxygen atoms in total. The van der Waals surface area contributed by atoms with E-state index in [4.69, 9.17) is 25.8 Å². The molecule has 0 aliphatic heterocycles. The van der Waals surface area contributed by atoms with Crippen molar-refractivity contribution < 1.29 is 58.3 Å². The number of aliphatic hydroxyl groups is 1. The summed E-state index contributed by atoms with van der Waals surface area (Å²) in [5.41, 5.74) is -2.31. The molecule has 8 atom stereocenters.